The predicted octanol–water partition coefficient (Wildman–Crippen LogP) is 2.91. The molecule has 1 aromatic rings. The standard InChI is InChI=1S/C19H25F3N2O3/c1-12-4-5-13(2)17(14(12)3)27-11-16(25)23-10-15-6-8-24(9-7-15)18(26)19(20,21)22/h4-5,15H,6-11H2,1-3H3,(H,23,25). The largest absolute Gasteiger partial charge is 0.483 e. The van der Waals surface area contributed by atoms with Gasteiger partial charge in [-0.3, -0.25) is 9.59 Å². The van der Waals surface area contributed by atoms with Crippen LogP contribution in [0.4, 0.5) is 13.2 Å². The van der Waals surface area contributed by atoms with Gasteiger partial charge in [-0.1, -0.05) is 12.1 Å². The molecule has 27 heavy (non-hydrogen) atoms. The van der Waals surface area contributed by atoms with E-state index in [2.05, 4.69) is 5.32 Å². The maximum Gasteiger partial charge on any atom is 0.471 e. The number of ether oxygens (including phenoxy) is 1. The first-order valence-corrected chi connectivity index (χ1v) is 8.92. The zero-order chi connectivity index (χ0) is 20.2. The molecule has 1 N–H and O–H groups in total. The van der Waals surface area contributed by atoms with Gasteiger partial charge in [-0.15, -0.1) is 0 Å². The van der Waals surface area contributed by atoms with Gasteiger partial charge in [0, 0.05) is 19.6 Å². The second-order valence-corrected chi connectivity index (χ2v) is 6.98. The van der Waals surface area contributed by atoms with Crippen LogP contribution in [0.5, 0.6) is 5.75 Å². The number of benzene rings is 1. The molecule has 0 spiro atoms. The normalized spacial score (nSPS) is 15.6. The first kappa shape index (κ1) is 21.1. The molecule has 1 heterocycles. The maximum atomic E-state index is 12.4. The third-order valence-electron chi connectivity index (χ3n) is 4.95. The zero-order valence-corrected chi connectivity index (χ0v) is 15.8. The number of piperidine rings is 1. The van der Waals surface area contributed by atoms with Crippen LogP contribution in [0.2, 0.25) is 0 Å². The van der Waals surface area contributed by atoms with Crippen LogP contribution in [-0.2, 0) is 9.59 Å². The van der Waals surface area contributed by atoms with Crippen molar-refractivity contribution in [3.63, 3.8) is 0 Å². The summed E-state index contributed by atoms with van der Waals surface area (Å²) in [5, 5.41) is 2.76. The molecule has 1 fully saturated rings. The molecule has 0 atom stereocenters. The summed E-state index contributed by atoms with van der Waals surface area (Å²) in [5.74, 6) is -1.32. The Balaban J connectivity index is 1.75. The minimum atomic E-state index is -4.83. The topological polar surface area (TPSA) is 58.6 Å². The molecule has 8 heteroatoms. The van der Waals surface area contributed by atoms with Crippen LogP contribution >= 0.6 is 0 Å². The van der Waals surface area contributed by atoms with Crippen LogP contribution in [0.15, 0.2) is 12.1 Å². The minimum Gasteiger partial charge on any atom is -0.483 e. The number of carbonyl (C=O) groups is 2. The van der Waals surface area contributed by atoms with Crippen molar-refractivity contribution in [2.24, 2.45) is 5.92 Å². The van der Waals surface area contributed by atoms with E-state index < -0.39 is 12.1 Å². The second-order valence-electron chi connectivity index (χ2n) is 6.98. The van der Waals surface area contributed by atoms with E-state index in [0.29, 0.717) is 25.1 Å². The highest BCUT2D eigenvalue weighted by atomic mass is 19.4. The number of rotatable bonds is 5. The number of hydrogen-bond donors (Lipinski definition) is 1. The zero-order valence-electron chi connectivity index (χ0n) is 15.8. The molecule has 1 aromatic carbocycles. The molecule has 0 bridgehead atoms. The third kappa shape index (κ3) is 5.61. The average Bonchev–Trinajstić information content (AvgIpc) is 2.62. The van der Waals surface area contributed by atoms with Gasteiger partial charge in [-0.25, -0.2) is 0 Å². The molecule has 2 amide bonds. The van der Waals surface area contributed by atoms with E-state index in [1.165, 1.54) is 0 Å². The van der Waals surface area contributed by atoms with E-state index in [1.807, 2.05) is 32.9 Å². The molecule has 0 radical (unpaired) electrons. The summed E-state index contributed by atoms with van der Waals surface area (Å²) in [6.45, 7) is 6.17. The molecule has 0 saturated carbocycles. The highest BCUT2D eigenvalue weighted by Gasteiger charge is 2.43. The summed E-state index contributed by atoms with van der Waals surface area (Å²) in [6.07, 6.45) is -3.97. The molecule has 0 aliphatic carbocycles. The average molecular weight is 386 g/mol. The third-order valence-corrected chi connectivity index (χ3v) is 4.95. The van der Waals surface area contributed by atoms with E-state index in [0.717, 1.165) is 21.6 Å². The number of nitrogens with one attached hydrogen (secondary N) is 1. The number of carbonyl (C=O) groups excluding carboxylic acids is 2. The molecule has 1 aliphatic rings. The predicted molar refractivity (Wildman–Crippen MR) is 94.5 cm³/mol. The van der Waals surface area contributed by atoms with E-state index in [9.17, 15) is 22.8 Å². The summed E-state index contributed by atoms with van der Waals surface area (Å²) in [5.41, 5.74) is 3.02. The van der Waals surface area contributed by atoms with Crippen LogP contribution in [-0.4, -0.2) is 49.1 Å². The van der Waals surface area contributed by atoms with Gasteiger partial charge in [-0.05, 0) is 56.2 Å². The van der Waals surface area contributed by atoms with Gasteiger partial charge in [0.25, 0.3) is 5.91 Å². The van der Waals surface area contributed by atoms with Gasteiger partial charge in [0.15, 0.2) is 6.61 Å². The van der Waals surface area contributed by atoms with E-state index in [-0.39, 0.29) is 31.5 Å². The maximum absolute atomic E-state index is 12.4. The summed E-state index contributed by atoms with van der Waals surface area (Å²) in [7, 11) is 0. The van der Waals surface area contributed by atoms with E-state index in [1.54, 1.807) is 0 Å². The first-order chi connectivity index (χ1) is 12.6. The lowest BCUT2D eigenvalue weighted by molar-refractivity contribution is -0.186. The smallest absolute Gasteiger partial charge is 0.471 e. The summed E-state index contributed by atoms with van der Waals surface area (Å²) in [6, 6.07) is 3.93. The molecule has 150 valence electrons. The number of alkyl halides is 3. The van der Waals surface area contributed by atoms with Gasteiger partial charge in [0.1, 0.15) is 5.75 Å². The molecule has 0 aromatic heterocycles. The molecular weight excluding hydrogens is 361 g/mol. The van der Waals surface area contributed by atoms with Gasteiger partial charge >= 0.3 is 12.1 Å². The second kappa shape index (κ2) is 8.63. The quantitative estimate of drug-likeness (QED) is 0.847. The Kier molecular flexibility index (Phi) is 6.73. The monoisotopic (exact) mass is 386 g/mol. The van der Waals surface area contributed by atoms with Crippen LogP contribution in [0.25, 0.3) is 0 Å². The number of hydrogen-bond acceptors (Lipinski definition) is 3. The molecule has 5 nitrogen and oxygen atoms in total. The fourth-order valence-electron chi connectivity index (χ4n) is 3.11. The van der Waals surface area contributed by atoms with Gasteiger partial charge in [0.2, 0.25) is 0 Å². The van der Waals surface area contributed by atoms with Crippen molar-refractivity contribution in [1.82, 2.24) is 10.2 Å². The van der Waals surface area contributed by atoms with Crippen LogP contribution in [0.1, 0.15) is 29.5 Å². The number of nitrogens with zero attached hydrogens (tertiary/aromatic N) is 1. The summed E-state index contributed by atoms with van der Waals surface area (Å²) in [4.78, 5) is 24.1. The summed E-state index contributed by atoms with van der Waals surface area (Å²) >= 11 is 0. The van der Waals surface area contributed by atoms with Crippen molar-refractivity contribution >= 4 is 11.8 Å². The molecule has 0 unspecified atom stereocenters. The van der Waals surface area contributed by atoms with Crippen LogP contribution in [0.3, 0.4) is 0 Å². The lowest BCUT2D eigenvalue weighted by Crippen LogP contribution is -2.47. The van der Waals surface area contributed by atoms with Crippen molar-refractivity contribution in [3.05, 3.63) is 28.8 Å². The number of amides is 2. The first-order valence-electron chi connectivity index (χ1n) is 8.92. The Bertz CT molecular complexity index is 696. The minimum absolute atomic E-state index is 0.0497. The Hall–Kier alpha value is -2.25. The van der Waals surface area contributed by atoms with Crippen molar-refractivity contribution in [2.75, 3.05) is 26.2 Å². The van der Waals surface area contributed by atoms with Crippen LogP contribution < -0.4 is 10.1 Å². The number of likely N-dealkylation sites (tertiary alicyclic amines) is 1. The van der Waals surface area contributed by atoms with Crippen molar-refractivity contribution < 1.29 is 27.5 Å². The fourth-order valence-corrected chi connectivity index (χ4v) is 3.11. The van der Waals surface area contributed by atoms with Gasteiger partial charge < -0.3 is 15.0 Å². The van der Waals surface area contributed by atoms with E-state index >= 15 is 0 Å². The highest BCUT2D eigenvalue weighted by Crippen LogP contribution is 2.26. The number of halogens is 3. The van der Waals surface area contributed by atoms with Crippen molar-refractivity contribution in [1.29, 1.82) is 0 Å². The van der Waals surface area contributed by atoms with Crippen molar-refractivity contribution in [3.8, 4) is 5.75 Å². The summed E-state index contributed by atoms with van der Waals surface area (Å²) < 4.78 is 42.9. The van der Waals surface area contributed by atoms with Crippen molar-refractivity contribution in [2.45, 2.75) is 39.8 Å². The Morgan fingerprint density at radius 1 is 1.15 bits per heavy atom. The lowest BCUT2D eigenvalue weighted by Gasteiger charge is -2.32. The molecule has 1 saturated heterocycles. The molecule has 1 aliphatic heterocycles. The Morgan fingerprint density at radius 3 is 2.33 bits per heavy atom. The molecule has 2 rings (SSSR count). The highest BCUT2D eigenvalue weighted by molar-refractivity contribution is 5.82. The lowest BCUT2D eigenvalue weighted by atomic mass is 9.96. The molecular formula is C19H25F3N2O3. The van der Waals surface area contributed by atoms with E-state index in [4.69, 9.17) is 4.74 Å². The number of aryl methyl sites for hydroxylation is 2. The van der Waals surface area contributed by atoms with Gasteiger partial charge in [-0.2, -0.15) is 13.2 Å². The Labute approximate surface area is 156 Å². The Morgan fingerprint density at radius 2 is 1.74 bits per heavy atom. The van der Waals surface area contributed by atoms with Crippen LogP contribution in [0, 0.1) is 26.7 Å². The fraction of sp³-hybridized carbons (Fsp3) is 0.579. The van der Waals surface area contributed by atoms with Gasteiger partial charge in [0.05, 0.1) is 0 Å². The SMILES string of the molecule is Cc1ccc(C)c(OCC(=O)NCC2CCN(C(=O)C(F)(F)F)CC2)c1C.